The van der Waals surface area contributed by atoms with E-state index in [9.17, 15) is 124 Å². The molecule has 5 aromatic heterocycles. The van der Waals surface area contributed by atoms with Gasteiger partial charge in [-0.25, -0.2) is 19.2 Å². The lowest BCUT2D eigenvalue weighted by atomic mass is 10.1. The first-order chi connectivity index (χ1) is 66.8. The molecule has 7 aliphatic rings. The van der Waals surface area contributed by atoms with Gasteiger partial charge in [-0.2, -0.15) is 0 Å². The van der Waals surface area contributed by atoms with Gasteiger partial charge in [0.05, 0.1) is 48.4 Å². The molecule has 0 spiro atoms. The molecule has 12 rings (SSSR count). The molecule has 6 fully saturated rings. The zero-order chi connectivity index (χ0) is 110. The van der Waals surface area contributed by atoms with Crippen molar-refractivity contribution in [2.24, 2.45) is 0 Å². The van der Waals surface area contributed by atoms with Crippen LogP contribution in [0, 0.1) is 4.77 Å². The third-order valence-corrected chi connectivity index (χ3v) is 33.4. The number of amides is 2. The molecule has 145 heavy (non-hydrogen) atoms. The number of nitrogens with one attached hydrogen (secondary N) is 7. The molecule has 6 saturated heterocycles. The summed E-state index contributed by atoms with van der Waals surface area (Å²) in [5, 5.41) is 128. The number of aromatic amines is 5. The van der Waals surface area contributed by atoms with Crippen LogP contribution in [0.4, 0.5) is 0 Å². The zero-order valence-corrected chi connectivity index (χ0v) is 91.8. The van der Waals surface area contributed by atoms with Gasteiger partial charge in [0.1, 0.15) is 91.5 Å². The molecule has 7 aliphatic heterocycles. The minimum Gasteiger partial charge on any atom is -0.479 e. The summed E-state index contributed by atoms with van der Waals surface area (Å²) in [4.78, 5) is 165. The van der Waals surface area contributed by atoms with Crippen molar-refractivity contribution in [3.8, 4) is 5.75 Å². The fourth-order valence-corrected chi connectivity index (χ4v) is 21.9. The van der Waals surface area contributed by atoms with Crippen LogP contribution in [-0.2, 0) is 73.4 Å². The van der Waals surface area contributed by atoms with Crippen LogP contribution in [0.2, 0.25) is 0 Å². The summed E-state index contributed by atoms with van der Waals surface area (Å²) in [5.74, 6) is -1.00. The number of rotatable bonds is 33. The SMILES string of the molecule is C=C1NC(=O)C(C)=CN1[C@@H]1O[C@H](CCP(=C)(C)C)[C@@H](O)[C@H]1O.C=P(C)(C)CC[C@H]1OC(n2cc(CC(C)=O)c(=O)[nH]c2=O)[C@H](O)[C@@H]1O.C=P(C)(C)CC[C@H]1OC(n2cc(CC)c(=O)[nH]c2=O)[C@H](O)[C@@H]1O.C=P(C)(C)CC[C@H]1OC(n2cc(CC)c(=O)[nH]c2=S)[C@H](O)[C@@H]1O.C=P(C)(C)CC[C@H]1OC(n2cc(CNC(C)=O)c(=O)[nH]c2=O)[C@H](O)[C@@H]1O.C=P(C)(C)CC[C@H]1OC(n2cc(OCC(C)=O)c(=O)[nH]c2=O)[C@H](O)[C@@H]1O. The first kappa shape index (κ1) is 124. The Morgan fingerprint density at radius 2 is 0.641 bits per heavy atom. The van der Waals surface area contributed by atoms with E-state index in [1.807, 2.05) is 20.3 Å². The van der Waals surface area contributed by atoms with Gasteiger partial charge in [-0.05, 0) is 201 Å². The lowest BCUT2D eigenvalue weighted by Gasteiger charge is -2.34. The molecule has 12 heterocycles. The van der Waals surface area contributed by atoms with Gasteiger partial charge < -0.3 is 110 Å². The van der Waals surface area contributed by atoms with Crippen LogP contribution in [0.25, 0.3) is 0 Å². The molecule has 52 heteroatoms. The van der Waals surface area contributed by atoms with E-state index in [0.29, 0.717) is 73.9 Å². The van der Waals surface area contributed by atoms with Crippen molar-refractivity contribution in [1.29, 1.82) is 0 Å². The zero-order valence-electron chi connectivity index (χ0n) is 85.6. The Hall–Kier alpha value is -7.74. The highest BCUT2D eigenvalue weighted by molar-refractivity contribution is 7.74. The quantitative estimate of drug-likeness (QED) is 0.0174. The van der Waals surface area contributed by atoms with Crippen molar-refractivity contribution in [3.05, 3.63) is 176 Å². The molecule has 45 nitrogen and oxygen atoms in total. The van der Waals surface area contributed by atoms with Crippen molar-refractivity contribution in [3.63, 3.8) is 0 Å². The van der Waals surface area contributed by atoms with E-state index in [2.05, 4.69) is 147 Å². The smallest absolute Gasteiger partial charge is 0.330 e. The number of aromatic nitrogens is 10. The first-order valence-electron chi connectivity index (χ1n) is 47.1. The van der Waals surface area contributed by atoms with E-state index >= 15 is 0 Å². The Kier molecular flexibility index (Phi) is 44.8. The highest BCUT2D eigenvalue weighted by Gasteiger charge is 2.51. The lowest BCUT2D eigenvalue weighted by Crippen LogP contribution is -2.47. The number of H-pyrrole nitrogens is 5. The highest BCUT2D eigenvalue weighted by Crippen LogP contribution is 2.46. The Balaban J connectivity index is 0.000000236. The Morgan fingerprint density at radius 3 is 0.945 bits per heavy atom. The fourth-order valence-electron chi connectivity index (χ4n) is 16.0. The Bertz CT molecular complexity index is 6140. The monoisotopic (exact) mass is 2180 g/mol. The summed E-state index contributed by atoms with van der Waals surface area (Å²) in [6.07, 6.45) is 18.7. The standard InChI is InChI=1S/C16H26N3O6P.C16H25N2O7P.C16H25N2O6P.C15H25N2O5P.C15H25N2O4PS.C15H25N2O4P/c1-9(20)17-7-10-8-19(16(24)18-14(10)23)15-13(22)12(21)11(25-15)5-6-26(2,3)4;1-9(19)8-24-11-7-18(16(23)17-14(11)22)15-13(21)12(20)10(25-15)5-6-26(2,3)4;1-9(19)7-10-8-18(16(23)17-14(10)22)15-13(21)12(20)11(24-15)5-6-25(2,3)4;1-5-9-8-17(15(21)16-13(9)20)14-12(19)11(18)10(22-14)6-7-23(2,3)4;1-5-9-8-17(15(23)16-13(9)20)14-12(19)11(18)10(21-14)6-7-22(2,3)4;1-9-8-17(10(2)16-14(9)20)15-13(19)12(18)11(21-15)6-7-22(3,4)5/h8,11-13,15,21-22H,2,5-7H2,1,3-4H3,(H,17,20)(H,18,23,24);7,10,12-13,15,20-21H,2,5-6,8H2,1,3-4H3,(H,17,22,23);8,11-13,15,20-21H,2,5-7H2,1,3-4H3,(H,17,22,23);8,10-12,14,18-19H,2,5-7H2,1,3-4H3,(H,16,20,21);8,10-12,14,18-19H,2,5-7H2,1,3-4H3,(H,16,20,23);8,11-13,15,18-19H,2-3,6-7H2,1,4-5H3,(H,16,20)/t11-,12-,13-,15?;10-,12-,13-,15?;11-,12-,13-,15?;2*10-,11-,12-,14?;11-,12-,13-,15-/m111111/s1. The molecule has 5 aromatic rings. The average molecular weight is 2180 g/mol. The molecule has 0 aliphatic carbocycles. The van der Waals surface area contributed by atoms with Gasteiger partial charge in [0.15, 0.2) is 47.9 Å². The summed E-state index contributed by atoms with van der Waals surface area (Å²) in [7, 11) is 0. The van der Waals surface area contributed by atoms with Gasteiger partial charge in [-0.1, -0.05) is 20.4 Å². The molecule has 816 valence electrons. The number of ketones is 2. The molecule has 0 bridgehead atoms. The van der Waals surface area contributed by atoms with Gasteiger partial charge in [-0.15, -0.1) is 79.1 Å². The number of aryl methyl sites for hydroxylation is 2. The van der Waals surface area contributed by atoms with Gasteiger partial charge in [0.25, 0.3) is 33.7 Å². The maximum absolute atomic E-state index is 12.1. The van der Waals surface area contributed by atoms with Crippen LogP contribution in [0.15, 0.2) is 98.3 Å². The largest absolute Gasteiger partial charge is 0.479 e. The summed E-state index contributed by atoms with van der Waals surface area (Å²) < 4.78 is 45.4. The van der Waals surface area contributed by atoms with Crippen molar-refractivity contribution < 1.29 is 114 Å². The van der Waals surface area contributed by atoms with E-state index < -0.39 is 234 Å². The number of aliphatic hydroxyl groups is 12. The number of hydrogen-bond acceptors (Lipinski definition) is 34. The number of aliphatic hydroxyl groups excluding tert-OH is 12. The highest BCUT2D eigenvalue weighted by atomic mass is 32.1. The van der Waals surface area contributed by atoms with E-state index in [1.165, 1.54) is 43.9 Å². The second kappa shape index (κ2) is 52.3. The molecule has 0 aromatic carbocycles. The summed E-state index contributed by atoms with van der Waals surface area (Å²) in [6, 6.07) is 0. The molecule has 24 atom stereocenters. The Morgan fingerprint density at radius 1 is 0.379 bits per heavy atom. The van der Waals surface area contributed by atoms with Crippen LogP contribution < -0.4 is 65.9 Å². The number of Topliss-reactive ketones (excluding diaryl/α,β-unsaturated/α-hetero) is 2. The molecule has 5 unspecified atom stereocenters. The summed E-state index contributed by atoms with van der Waals surface area (Å²) in [6.45, 7) is 29.9. The van der Waals surface area contributed by atoms with Crippen LogP contribution >= 0.6 is 53.5 Å². The van der Waals surface area contributed by atoms with E-state index in [4.69, 9.17) is 45.4 Å². The molecule has 0 radical (unpaired) electrons. The maximum Gasteiger partial charge on any atom is 0.330 e. The van der Waals surface area contributed by atoms with Crippen molar-refractivity contribution in [2.75, 3.05) is 124 Å². The predicted octanol–water partition coefficient (Wildman–Crippen LogP) is -1.16. The maximum atomic E-state index is 12.1. The van der Waals surface area contributed by atoms with Gasteiger partial charge in [-0.3, -0.25) is 90.9 Å². The van der Waals surface area contributed by atoms with E-state index in [-0.39, 0.29) is 70.2 Å². The van der Waals surface area contributed by atoms with Gasteiger partial charge in [0.2, 0.25) is 11.7 Å². The van der Waals surface area contributed by atoms with E-state index in [1.54, 1.807) is 31.1 Å². The van der Waals surface area contributed by atoms with Crippen molar-refractivity contribution in [1.82, 2.24) is 63.3 Å². The topological polar surface area (TPSA) is 660 Å². The third kappa shape index (κ3) is 35.7. The molecular formula is C93H151N13O32P6S. The normalized spacial score (nSPS) is 27.9. The number of carbonyl (C=O) groups is 4. The van der Waals surface area contributed by atoms with Gasteiger partial charge >= 0.3 is 22.8 Å². The Labute approximate surface area is 845 Å². The number of ether oxygens (including phenoxy) is 7. The molecule has 0 saturated carbocycles. The molecular weight excluding hydrogens is 2030 g/mol. The minimum atomic E-state index is -1.35. The predicted molar refractivity (Wildman–Crippen MR) is 573 cm³/mol. The third-order valence-electron chi connectivity index (χ3n) is 24.3. The summed E-state index contributed by atoms with van der Waals surface area (Å²) >= 11 is 5.17. The second-order valence-corrected chi connectivity index (χ2v) is 67.8. The van der Waals surface area contributed by atoms with Crippen molar-refractivity contribution >= 4 is 115 Å². The van der Waals surface area contributed by atoms with Crippen LogP contribution in [0.5, 0.6) is 5.75 Å². The first-order valence-corrected chi connectivity index (χ1v) is 65.8. The number of carbonyl (C=O) groups excluding carboxylic acids is 4. The summed E-state index contributed by atoms with van der Waals surface area (Å²) in [5.41, 5.74) is -4.04. The van der Waals surface area contributed by atoms with Crippen LogP contribution in [-0.4, -0.2) is 415 Å². The fraction of sp³-hybridized carbons (Fsp3) is 0.634. The van der Waals surface area contributed by atoms with Gasteiger partial charge in [0, 0.05) is 73.1 Å². The average Bonchev–Trinajstić information content (AvgIpc) is 1.68. The van der Waals surface area contributed by atoms with Crippen molar-refractivity contribution in [2.45, 2.75) is 253 Å². The molecule has 19 N–H and O–H groups in total. The van der Waals surface area contributed by atoms with E-state index in [0.717, 1.165) is 61.4 Å². The van der Waals surface area contributed by atoms with Crippen LogP contribution in [0.1, 0.15) is 133 Å². The second-order valence-electron chi connectivity index (χ2n) is 41.5. The minimum absolute atomic E-state index is 0.0695. The lowest BCUT2D eigenvalue weighted by molar-refractivity contribution is -0.120. The number of hydrogen-bond donors (Lipinski definition) is 19. The number of nitrogens with zero attached hydrogens (tertiary/aromatic N) is 6. The molecule has 2 amide bonds. The van der Waals surface area contributed by atoms with Crippen LogP contribution in [0.3, 0.4) is 0 Å².